The quantitative estimate of drug-likeness (QED) is 0.614. The van der Waals surface area contributed by atoms with E-state index in [1.807, 2.05) is 0 Å². The van der Waals surface area contributed by atoms with E-state index in [0.717, 1.165) is 7.11 Å². The molecule has 0 saturated heterocycles. The minimum atomic E-state index is -1.05. The molecule has 10 heteroatoms. The Balaban J connectivity index is 4.24. The molecule has 0 atom stereocenters. The summed E-state index contributed by atoms with van der Waals surface area (Å²) >= 11 is 0. The van der Waals surface area contributed by atoms with Crippen molar-refractivity contribution in [2.24, 2.45) is 0 Å². The van der Waals surface area contributed by atoms with Gasteiger partial charge in [-0.2, -0.15) is 0 Å². The molecule has 0 aliphatic carbocycles. The van der Waals surface area contributed by atoms with Gasteiger partial charge in [-0.3, -0.25) is 30.3 Å². The zero-order valence-corrected chi connectivity index (χ0v) is 12.7. The van der Waals surface area contributed by atoms with Crippen LogP contribution in [-0.4, -0.2) is 21.9 Å². The van der Waals surface area contributed by atoms with E-state index in [1.54, 1.807) is 0 Å². The van der Waals surface area contributed by atoms with Gasteiger partial charge in [0.05, 0.1) is 27.4 Å². The Kier molecular flexibility index (Phi) is 4.35. The highest BCUT2D eigenvalue weighted by atomic mass is 16.6. The predicted molar refractivity (Wildman–Crippen MR) is 76.4 cm³/mol. The highest BCUT2D eigenvalue weighted by molar-refractivity contribution is 5.77. The van der Waals surface area contributed by atoms with Gasteiger partial charge in [0, 0.05) is 5.41 Å². The Bertz CT molecular complexity index is 677. The summed E-state index contributed by atoms with van der Waals surface area (Å²) in [5, 5.41) is 34.0. The summed E-state index contributed by atoms with van der Waals surface area (Å²) in [5.74, 6) is -0.476. The molecule has 120 valence electrons. The first kappa shape index (κ1) is 17.3. The zero-order chi connectivity index (χ0) is 17.4. The second-order valence-corrected chi connectivity index (χ2v) is 5.60. The summed E-state index contributed by atoms with van der Waals surface area (Å²) in [7, 11) is 1.07. The SMILES string of the molecule is COc1c(C)c([N+](=O)[O-])c(C(C)(C)C)c([N+](=O)[O-])c1[N+](=O)[O-]. The standard InChI is InChI=1S/C12H15N3O7/c1-6-8(13(16)17)7(12(2,3)4)9(14(18)19)10(15(20)21)11(6)22-5/h1-5H3. The number of nitro groups is 3. The van der Waals surface area contributed by atoms with Crippen molar-refractivity contribution in [2.75, 3.05) is 7.11 Å². The van der Waals surface area contributed by atoms with Crippen LogP contribution in [0.3, 0.4) is 0 Å². The van der Waals surface area contributed by atoms with Crippen LogP contribution in [0.4, 0.5) is 17.1 Å². The summed E-state index contributed by atoms with van der Waals surface area (Å²) in [5.41, 5.74) is -3.79. The van der Waals surface area contributed by atoms with Crippen molar-refractivity contribution in [3.05, 3.63) is 41.5 Å². The number of benzene rings is 1. The van der Waals surface area contributed by atoms with E-state index in [2.05, 4.69) is 0 Å². The van der Waals surface area contributed by atoms with Crippen molar-refractivity contribution in [2.45, 2.75) is 33.1 Å². The number of hydrogen-bond donors (Lipinski definition) is 0. The number of ether oxygens (including phenoxy) is 1. The lowest BCUT2D eigenvalue weighted by Gasteiger charge is -2.20. The third-order valence-electron chi connectivity index (χ3n) is 3.11. The van der Waals surface area contributed by atoms with Gasteiger partial charge in [-0.1, -0.05) is 20.8 Å². The molecule has 1 rings (SSSR count). The number of nitro benzene ring substituents is 3. The van der Waals surface area contributed by atoms with E-state index in [1.165, 1.54) is 27.7 Å². The lowest BCUT2D eigenvalue weighted by Crippen LogP contribution is -2.19. The van der Waals surface area contributed by atoms with Crippen LogP contribution < -0.4 is 4.74 Å². The molecule has 0 radical (unpaired) electrons. The minimum absolute atomic E-state index is 0.116. The van der Waals surface area contributed by atoms with E-state index < -0.39 is 43.0 Å². The van der Waals surface area contributed by atoms with Gasteiger partial charge in [-0.25, -0.2) is 0 Å². The Morgan fingerprint density at radius 2 is 1.27 bits per heavy atom. The third-order valence-corrected chi connectivity index (χ3v) is 3.11. The maximum absolute atomic E-state index is 11.4. The summed E-state index contributed by atoms with van der Waals surface area (Å²) in [4.78, 5) is 31.3. The molecule has 10 nitrogen and oxygen atoms in total. The molecule has 0 N–H and O–H groups in total. The normalized spacial score (nSPS) is 11.1. The van der Waals surface area contributed by atoms with Gasteiger partial charge in [0.25, 0.3) is 5.69 Å². The van der Waals surface area contributed by atoms with Crippen molar-refractivity contribution in [1.82, 2.24) is 0 Å². The second-order valence-electron chi connectivity index (χ2n) is 5.60. The van der Waals surface area contributed by atoms with E-state index in [0.29, 0.717) is 0 Å². The van der Waals surface area contributed by atoms with Crippen molar-refractivity contribution in [3.63, 3.8) is 0 Å². The summed E-state index contributed by atoms with van der Waals surface area (Å²) in [6, 6.07) is 0. The second kappa shape index (κ2) is 5.54. The van der Waals surface area contributed by atoms with Crippen LogP contribution in [-0.2, 0) is 5.41 Å². The summed E-state index contributed by atoms with van der Waals surface area (Å²) in [6.07, 6.45) is 0. The maximum Gasteiger partial charge on any atom is 0.388 e. The minimum Gasteiger partial charge on any atom is -0.490 e. The van der Waals surface area contributed by atoms with Crippen molar-refractivity contribution in [3.8, 4) is 5.75 Å². The molecule has 1 aromatic carbocycles. The number of hydrogen-bond acceptors (Lipinski definition) is 7. The number of nitrogens with zero attached hydrogens (tertiary/aromatic N) is 3. The van der Waals surface area contributed by atoms with Crippen LogP contribution in [0.15, 0.2) is 0 Å². The average molecular weight is 313 g/mol. The lowest BCUT2D eigenvalue weighted by molar-refractivity contribution is -0.426. The topological polar surface area (TPSA) is 139 Å². The largest absolute Gasteiger partial charge is 0.490 e. The molecular weight excluding hydrogens is 298 g/mol. The maximum atomic E-state index is 11.4. The molecule has 22 heavy (non-hydrogen) atoms. The zero-order valence-electron chi connectivity index (χ0n) is 12.7. The molecule has 0 fully saturated rings. The Morgan fingerprint density at radius 1 is 0.864 bits per heavy atom. The Labute approximate surface area is 125 Å². The van der Waals surface area contributed by atoms with Crippen molar-refractivity contribution in [1.29, 1.82) is 0 Å². The first-order valence-electron chi connectivity index (χ1n) is 6.13. The molecule has 0 bridgehead atoms. The Hall–Kier alpha value is -2.78. The fourth-order valence-electron chi connectivity index (χ4n) is 2.35. The fraction of sp³-hybridized carbons (Fsp3) is 0.500. The smallest absolute Gasteiger partial charge is 0.388 e. The molecule has 0 aliphatic rings. The van der Waals surface area contributed by atoms with Crippen LogP contribution in [0.25, 0.3) is 0 Å². The van der Waals surface area contributed by atoms with Crippen LogP contribution in [0.1, 0.15) is 31.9 Å². The molecule has 1 aromatic rings. The van der Waals surface area contributed by atoms with Crippen LogP contribution >= 0.6 is 0 Å². The van der Waals surface area contributed by atoms with Gasteiger partial charge < -0.3 is 4.74 Å². The Morgan fingerprint density at radius 3 is 1.55 bits per heavy atom. The monoisotopic (exact) mass is 313 g/mol. The van der Waals surface area contributed by atoms with Crippen molar-refractivity contribution < 1.29 is 19.5 Å². The number of methoxy groups -OCH3 is 1. The molecule has 0 heterocycles. The number of rotatable bonds is 4. The van der Waals surface area contributed by atoms with Crippen molar-refractivity contribution >= 4 is 17.1 Å². The van der Waals surface area contributed by atoms with Gasteiger partial charge >= 0.3 is 11.4 Å². The molecule has 0 aromatic heterocycles. The van der Waals surface area contributed by atoms with E-state index in [4.69, 9.17) is 4.74 Å². The summed E-state index contributed by atoms with van der Waals surface area (Å²) < 4.78 is 4.84. The van der Waals surface area contributed by atoms with Crippen LogP contribution in [0.5, 0.6) is 5.75 Å². The van der Waals surface area contributed by atoms with Gasteiger partial charge in [-0.05, 0) is 6.92 Å². The highest BCUT2D eigenvalue weighted by Crippen LogP contribution is 2.51. The highest BCUT2D eigenvalue weighted by Gasteiger charge is 2.46. The molecule has 0 aliphatic heterocycles. The molecule has 0 spiro atoms. The molecular formula is C12H15N3O7. The lowest BCUT2D eigenvalue weighted by atomic mass is 9.82. The average Bonchev–Trinajstić information content (AvgIpc) is 2.34. The predicted octanol–water partition coefficient (Wildman–Crippen LogP) is 3.03. The van der Waals surface area contributed by atoms with E-state index in [-0.39, 0.29) is 11.1 Å². The van der Waals surface area contributed by atoms with E-state index >= 15 is 0 Å². The van der Waals surface area contributed by atoms with Gasteiger partial charge in [0.15, 0.2) is 0 Å². The molecule has 0 saturated carbocycles. The van der Waals surface area contributed by atoms with Crippen LogP contribution in [0.2, 0.25) is 0 Å². The molecule has 0 amide bonds. The van der Waals surface area contributed by atoms with Gasteiger partial charge in [0.2, 0.25) is 5.75 Å². The third kappa shape index (κ3) is 2.67. The van der Waals surface area contributed by atoms with Crippen LogP contribution in [0, 0.1) is 37.3 Å². The summed E-state index contributed by atoms with van der Waals surface area (Å²) in [6.45, 7) is 5.80. The first-order chi connectivity index (χ1) is 9.95. The van der Waals surface area contributed by atoms with E-state index in [9.17, 15) is 30.3 Å². The first-order valence-corrected chi connectivity index (χ1v) is 6.13. The van der Waals surface area contributed by atoms with Gasteiger partial charge in [0.1, 0.15) is 5.56 Å². The fourth-order valence-corrected chi connectivity index (χ4v) is 2.35. The molecule has 0 unspecified atom stereocenters. The van der Waals surface area contributed by atoms with Gasteiger partial charge in [-0.15, -0.1) is 0 Å².